The van der Waals surface area contributed by atoms with Crippen molar-refractivity contribution < 1.29 is 18.6 Å². The van der Waals surface area contributed by atoms with E-state index in [1.165, 1.54) is 147 Å². The van der Waals surface area contributed by atoms with Crippen LogP contribution in [0.25, 0.3) is 21.1 Å². The van der Waals surface area contributed by atoms with Crippen molar-refractivity contribution in [3.05, 3.63) is 66.5 Å². The zero-order valence-electron chi connectivity index (χ0n) is 42.7. The Morgan fingerprint density at radius 3 is 1.20 bits per heavy atom. The van der Waals surface area contributed by atoms with Gasteiger partial charge >= 0.3 is 14.2 Å². The largest absolute Gasteiger partial charge is 0.494 e. The average Bonchev–Trinajstić information content (AvgIpc) is 3.98. The molecule has 7 rings (SSSR count). The van der Waals surface area contributed by atoms with Crippen LogP contribution in [0.5, 0.6) is 0 Å². The number of rotatable bonds is 22. The average molecular weight is 1070 g/mol. The number of unbranched alkanes of at least 4 members (excludes halogenated alkanes) is 17. The van der Waals surface area contributed by atoms with Gasteiger partial charge in [-0.15, -0.1) is 22.7 Å². The van der Waals surface area contributed by atoms with Crippen LogP contribution in [0, 0.1) is 6.92 Å². The maximum Gasteiger partial charge on any atom is 0.494 e. The van der Waals surface area contributed by atoms with Gasteiger partial charge in [-0.3, -0.25) is 0 Å². The Bertz CT molecular complexity index is 2060. The molecule has 66 heavy (non-hydrogen) atoms. The van der Waals surface area contributed by atoms with Crippen LogP contribution in [0.15, 0.2) is 44.0 Å². The molecule has 2 aliphatic heterocycles. The molecule has 4 aromatic rings. The lowest BCUT2D eigenvalue weighted by molar-refractivity contribution is 0.00578. The van der Waals surface area contributed by atoms with Crippen molar-refractivity contribution >= 4 is 79.7 Å². The van der Waals surface area contributed by atoms with Gasteiger partial charge in [-0.1, -0.05) is 166 Å². The van der Waals surface area contributed by atoms with Gasteiger partial charge in [0.15, 0.2) is 10.0 Å². The fraction of sp³-hybridized carbons (Fsp3) is 0.667. The lowest BCUT2D eigenvalue weighted by Crippen LogP contribution is -2.41. The smallest absolute Gasteiger partial charge is 0.399 e. The van der Waals surface area contributed by atoms with Crippen LogP contribution in [0.2, 0.25) is 0 Å². The molecule has 3 aliphatic rings. The third-order valence-electron chi connectivity index (χ3n) is 15.1. The topological polar surface area (TPSA) is 62.7 Å². The van der Waals surface area contributed by atoms with Crippen molar-refractivity contribution in [1.82, 2.24) is 9.97 Å². The predicted octanol–water partition coefficient (Wildman–Crippen LogP) is 16.3. The number of aryl methyl sites for hydroxylation is 2. The van der Waals surface area contributed by atoms with Crippen LogP contribution >= 0.6 is 54.5 Å². The van der Waals surface area contributed by atoms with Crippen molar-refractivity contribution in [2.24, 2.45) is 0 Å². The van der Waals surface area contributed by atoms with E-state index in [2.05, 4.69) is 149 Å². The van der Waals surface area contributed by atoms with Crippen LogP contribution < -0.4 is 10.9 Å². The van der Waals surface area contributed by atoms with Crippen LogP contribution in [-0.2, 0) is 30.5 Å². The first kappa shape index (κ1) is 54.0. The van der Waals surface area contributed by atoms with E-state index in [0.717, 1.165) is 36.8 Å². The summed E-state index contributed by atoms with van der Waals surface area (Å²) in [5.74, 6) is 0. The van der Waals surface area contributed by atoms with Gasteiger partial charge in [0.2, 0.25) is 0 Å². The molecule has 4 heterocycles. The molecule has 0 spiro atoms. The van der Waals surface area contributed by atoms with Crippen LogP contribution in [0.3, 0.4) is 0 Å². The zero-order valence-corrected chi connectivity index (χ0v) is 47.5. The number of benzene rings is 2. The van der Waals surface area contributed by atoms with Crippen molar-refractivity contribution in [3.63, 3.8) is 0 Å². The summed E-state index contributed by atoms with van der Waals surface area (Å²) in [5, 5.41) is 2.06. The maximum absolute atomic E-state index is 6.33. The summed E-state index contributed by atoms with van der Waals surface area (Å²) >= 11 is 10.7. The molecule has 0 N–H and O–H groups in total. The molecule has 1 aliphatic carbocycles. The Morgan fingerprint density at radius 1 is 0.485 bits per heavy atom. The zero-order chi connectivity index (χ0) is 47.9. The van der Waals surface area contributed by atoms with Gasteiger partial charge in [-0.2, -0.15) is 0 Å². The lowest BCUT2D eigenvalue weighted by atomic mass is 9.73. The van der Waals surface area contributed by atoms with Crippen LogP contribution in [-0.4, -0.2) is 46.6 Å². The van der Waals surface area contributed by atoms with E-state index in [-0.39, 0.29) is 42.1 Å². The van der Waals surface area contributed by atoms with E-state index in [4.69, 9.17) is 23.6 Å². The quantitative estimate of drug-likeness (QED) is 0.0577. The van der Waals surface area contributed by atoms with E-state index >= 15 is 0 Å². The summed E-state index contributed by atoms with van der Waals surface area (Å²) in [6.07, 6.45) is 26.6. The third kappa shape index (κ3) is 13.1. The Hall–Kier alpha value is -1.37. The highest BCUT2D eigenvalue weighted by atomic mass is 79.9. The van der Waals surface area contributed by atoms with Gasteiger partial charge in [-0.25, -0.2) is 9.97 Å². The fourth-order valence-electron chi connectivity index (χ4n) is 9.27. The minimum absolute atomic E-state index is 0.149. The third-order valence-corrected chi connectivity index (χ3v) is 19.1. The minimum atomic E-state index is -0.361. The highest BCUT2D eigenvalue weighted by Gasteiger charge is 2.53. The van der Waals surface area contributed by atoms with E-state index < -0.39 is 0 Å². The summed E-state index contributed by atoms with van der Waals surface area (Å²) in [7, 11) is -0.722. The van der Waals surface area contributed by atoms with Crippen molar-refractivity contribution in [3.8, 4) is 21.1 Å². The second-order valence-electron chi connectivity index (χ2n) is 21.8. The Balaban J connectivity index is 0.000000218. The van der Waals surface area contributed by atoms with E-state index in [0.29, 0.717) is 0 Å². The molecule has 0 amide bonds. The molecule has 2 fully saturated rings. The first-order valence-corrected chi connectivity index (χ1v) is 28.7. The van der Waals surface area contributed by atoms with Gasteiger partial charge in [0.1, 0.15) is 0 Å². The summed E-state index contributed by atoms with van der Waals surface area (Å²) in [6.45, 7) is 25.7. The lowest BCUT2D eigenvalue weighted by Gasteiger charge is -2.32. The van der Waals surface area contributed by atoms with Gasteiger partial charge in [-0.05, 0) is 140 Å². The molecule has 6 nitrogen and oxygen atoms in total. The van der Waals surface area contributed by atoms with E-state index in [9.17, 15) is 0 Å². The Labute approximate surface area is 425 Å². The molecule has 0 radical (unpaired) electrons. The highest BCUT2D eigenvalue weighted by Crippen LogP contribution is 2.49. The van der Waals surface area contributed by atoms with Crippen molar-refractivity contribution in [2.45, 2.75) is 233 Å². The number of aromatic nitrogens is 2. The molecule has 0 saturated carbocycles. The monoisotopic (exact) mass is 1060 g/mol. The molecule has 0 atom stereocenters. The summed E-state index contributed by atoms with van der Waals surface area (Å²) in [6, 6.07) is 13.3. The number of fused-ring (bicyclic) bond motifs is 3. The number of hydrogen-bond donors (Lipinski definition) is 0. The number of thiazole rings is 2. The number of hydrogen-bond acceptors (Lipinski definition) is 8. The molecule has 12 heteroatoms. The molecule has 0 bridgehead atoms. The first-order chi connectivity index (χ1) is 31.2. The van der Waals surface area contributed by atoms with Gasteiger partial charge in [0, 0.05) is 5.41 Å². The predicted molar refractivity (Wildman–Crippen MR) is 291 cm³/mol. The molecule has 2 aromatic carbocycles. The molecule has 2 saturated heterocycles. The number of halogens is 2. The molecule has 2 aromatic heterocycles. The fourth-order valence-corrected chi connectivity index (χ4v) is 12.2. The normalized spacial score (nSPS) is 18.4. The second-order valence-corrected chi connectivity index (χ2v) is 26.4. The van der Waals surface area contributed by atoms with E-state index in [1.54, 1.807) is 22.7 Å². The molecule has 362 valence electrons. The second kappa shape index (κ2) is 23.2. The van der Waals surface area contributed by atoms with Gasteiger partial charge in [0.25, 0.3) is 0 Å². The van der Waals surface area contributed by atoms with Gasteiger partial charge < -0.3 is 18.6 Å². The van der Waals surface area contributed by atoms with Crippen LogP contribution in [0.1, 0.15) is 214 Å². The SMILES string of the molecule is CC1(C)c2cc(B3OC(C)(C)C(C)(C)O3)ccc2-c2ccc(B3OC(C)(C)C(C)(C)O3)cc21.CCCCCCCCCCCCCCCCCCCCc1nc(-c2nc(C)c(Br)s2)sc1Br. The Morgan fingerprint density at radius 2 is 0.833 bits per heavy atom. The van der Waals surface area contributed by atoms with Crippen molar-refractivity contribution in [2.75, 3.05) is 0 Å². The number of nitrogens with zero attached hydrogens (tertiary/aromatic N) is 2. The summed E-state index contributed by atoms with van der Waals surface area (Å²) in [5.41, 5.74) is 7.97. The summed E-state index contributed by atoms with van der Waals surface area (Å²) < 4.78 is 27.6. The Kier molecular flexibility index (Phi) is 19.0. The van der Waals surface area contributed by atoms with Gasteiger partial charge in [0.05, 0.1) is 41.4 Å². The first-order valence-electron chi connectivity index (χ1n) is 25.5. The van der Waals surface area contributed by atoms with Crippen LogP contribution in [0.4, 0.5) is 0 Å². The maximum atomic E-state index is 6.33. The highest BCUT2D eigenvalue weighted by molar-refractivity contribution is 9.11. The van der Waals surface area contributed by atoms with E-state index in [1.807, 2.05) is 6.92 Å². The standard InChI is InChI=1S/C27H36B2O4.C27H44Br2N2S2/c1-23(2)21-15-17(28-30-24(3,4)25(5,6)31-28)11-13-19(21)20-14-12-18(16-22(20)23)29-32-26(7,8)27(9,10)33-29;1-3-4-5-6-7-8-9-10-11-12-13-14-15-16-17-18-19-20-21-23-25(29)33-27(31-23)26-30-22(2)24(28)32-26/h11-16H,1-10H3;3-21H2,1-2H3. The minimum Gasteiger partial charge on any atom is -0.399 e. The molecular formula is C54H80B2Br2N2O4S2. The van der Waals surface area contributed by atoms with Crippen molar-refractivity contribution in [1.29, 1.82) is 0 Å². The molecule has 0 unspecified atom stereocenters. The summed E-state index contributed by atoms with van der Waals surface area (Å²) in [4.78, 5) is 9.47. The molecular weight excluding hydrogens is 986 g/mol.